The van der Waals surface area contributed by atoms with Crippen LogP contribution in [0.1, 0.15) is 11.1 Å². The third-order valence-electron chi connectivity index (χ3n) is 2.87. The molecular formula is C14H10F6N2O. The van der Waals surface area contributed by atoms with Gasteiger partial charge in [-0.1, -0.05) is 6.07 Å². The van der Waals surface area contributed by atoms with Crippen molar-refractivity contribution in [2.75, 3.05) is 11.5 Å². The Bertz CT molecular complexity index is 724. The van der Waals surface area contributed by atoms with Gasteiger partial charge >= 0.3 is 12.4 Å². The van der Waals surface area contributed by atoms with Gasteiger partial charge in [0.2, 0.25) is 0 Å². The van der Waals surface area contributed by atoms with Gasteiger partial charge in [-0.2, -0.15) is 26.3 Å². The van der Waals surface area contributed by atoms with Gasteiger partial charge in [0, 0.05) is 11.4 Å². The lowest BCUT2D eigenvalue weighted by atomic mass is 10.1. The first-order valence-corrected chi connectivity index (χ1v) is 6.10. The second kappa shape index (κ2) is 5.56. The van der Waals surface area contributed by atoms with Gasteiger partial charge in [-0.15, -0.1) is 0 Å². The van der Waals surface area contributed by atoms with Crippen molar-refractivity contribution < 1.29 is 31.1 Å². The van der Waals surface area contributed by atoms with E-state index in [2.05, 4.69) is 0 Å². The molecule has 0 radical (unpaired) electrons. The number of rotatable bonds is 2. The predicted octanol–water partition coefficient (Wildman–Crippen LogP) is 4.68. The summed E-state index contributed by atoms with van der Waals surface area (Å²) < 4.78 is 82.8. The van der Waals surface area contributed by atoms with Crippen molar-refractivity contribution >= 4 is 11.4 Å². The number of halogens is 6. The number of benzene rings is 2. The van der Waals surface area contributed by atoms with E-state index in [0.29, 0.717) is 6.07 Å². The van der Waals surface area contributed by atoms with Crippen molar-refractivity contribution in [1.82, 2.24) is 0 Å². The molecular weight excluding hydrogens is 326 g/mol. The molecule has 0 bridgehead atoms. The first-order chi connectivity index (χ1) is 10.5. The van der Waals surface area contributed by atoms with E-state index in [-0.39, 0.29) is 5.69 Å². The van der Waals surface area contributed by atoms with Gasteiger partial charge in [0.25, 0.3) is 0 Å². The molecule has 2 rings (SSSR count). The Hall–Kier alpha value is -2.58. The lowest BCUT2D eigenvalue weighted by Crippen LogP contribution is -2.12. The van der Waals surface area contributed by atoms with Crippen LogP contribution in [0.4, 0.5) is 37.7 Å². The van der Waals surface area contributed by atoms with E-state index in [4.69, 9.17) is 16.2 Å². The highest BCUT2D eigenvalue weighted by molar-refractivity contribution is 5.58. The highest BCUT2D eigenvalue weighted by Crippen LogP contribution is 2.44. The van der Waals surface area contributed by atoms with Crippen LogP contribution in [0.15, 0.2) is 36.4 Å². The number of alkyl halides is 6. The summed E-state index contributed by atoms with van der Waals surface area (Å²) in [7, 11) is 0. The molecule has 0 aliphatic rings. The quantitative estimate of drug-likeness (QED) is 0.618. The van der Waals surface area contributed by atoms with Gasteiger partial charge in [0.05, 0.1) is 0 Å². The zero-order valence-electron chi connectivity index (χ0n) is 11.3. The first-order valence-electron chi connectivity index (χ1n) is 6.10. The zero-order chi connectivity index (χ0) is 17.4. The standard InChI is InChI=1S/C14H10F6N2O/c15-13(16,17)8-6-7(21)4-5-10(8)23-11-3-1-2-9(22)12(11)14(18,19)20/h1-6H,21-22H2. The largest absolute Gasteiger partial charge is 0.456 e. The Morgan fingerprint density at radius 3 is 2.00 bits per heavy atom. The molecule has 0 saturated carbocycles. The number of nitrogens with two attached hydrogens (primary N) is 2. The Morgan fingerprint density at radius 2 is 1.43 bits per heavy atom. The SMILES string of the molecule is Nc1ccc(Oc2cccc(N)c2C(F)(F)F)c(C(F)(F)F)c1. The van der Waals surface area contributed by atoms with Gasteiger partial charge in [0.15, 0.2) is 0 Å². The van der Waals surface area contributed by atoms with E-state index in [1.807, 2.05) is 0 Å². The predicted molar refractivity (Wildman–Crippen MR) is 71.8 cm³/mol. The van der Waals surface area contributed by atoms with Crippen LogP contribution in [0.2, 0.25) is 0 Å². The summed E-state index contributed by atoms with van der Waals surface area (Å²) in [5.41, 5.74) is 7.07. The minimum absolute atomic E-state index is 0.201. The molecule has 0 aliphatic carbocycles. The van der Waals surface area contributed by atoms with Gasteiger partial charge < -0.3 is 16.2 Å². The average molecular weight is 336 g/mol. The Labute approximate surface area is 126 Å². The van der Waals surface area contributed by atoms with Crippen molar-refractivity contribution in [3.05, 3.63) is 47.5 Å². The molecule has 0 heterocycles. The fraction of sp³-hybridized carbons (Fsp3) is 0.143. The Balaban J connectivity index is 2.56. The lowest BCUT2D eigenvalue weighted by Gasteiger charge is -2.18. The molecule has 0 aromatic heterocycles. The maximum atomic E-state index is 13.0. The van der Waals surface area contributed by atoms with Crippen LogP contribution in [0.3, 0.4) is 0 Å². The average Bonchev–Trinajstić information content (AvgIpc) is 2.38. The minimum atomic E-state index is -4.88. The summed E-state index contributed by atoms with van der Waals surface area (Å²) in [5, 5.41) is 0. The molecule has 0 aliphatic heterocycles. The molecule has 0 unspecified atom stereocenters. The van der Waals surface area contributed by atoms with Crippen LogP contribution in [-0.4, -0.2) is 0 Å². The fourth-order valence-corrected chi connectivity index (χ4v) is 1.91. The lowest BCUT2D eigenvalue weighted by molar-refractivity contribution is -0.139. The summed E-state index contributed by atoms with van der Waals surface area (Å²) >= 11 is 0. The number of anilines is 2. The topological polar surface area (TPSA) is 61.3 Å². The van der Waals surface area contributed by atoms with Crippen LogP contribution < -0.4 is 16.2 Å². The fourth-order valence-electron chi connectivity index (χ4n) is 1.91. The van der Waals surface area contributed by atoms with Crippen LogP contribution in [0.25, 0.3) is 0 Å². The minimum Gasteiger partial charge on any atom is -0.456 e. The van der Waals surface area contributed by atoms with Crippen molar-refractivity contribution in [2.45, 2.75) is 12.4 Å². The highest BCUT2D eigenvalue weighted by atomic mass is 19.4. The third kappa shape index (κ3) is 3.61. The van der Waals surface area contributed by atoms with E-state index in [1.54, 1.807) is 0 Å². The molecule has 4 N–H and O–H groups in total. The summed E-state index contributed by atoms with van der Waals surface area (Å²) in [6, 6.07) is 5.52. The maximum Gasteiger partial charge on any atom is 0.421 e. The number of nitrogen functional groups attached to an aromatic ring is 2. The monoisotopic (exact) mass is 336 g/mol. The van der Waals surface area contributed by atoms with E-state index in [0.717, 1.165) is 30.3 Å². The number of hydrogen-bond acceptors (Lipinski definition) is 3. The summed E-state index contributed by atoms with van der Waals surface area (Å²) in [4.78, 5) is 0. The molecule has 9 heteroatoms. The van der Waals surface area contributed by atoms with E-state index < -0.39 is 40.7 Å². The van der Waals surface area contributed by atoms with Gasteiger partial charge in [-0.3, -0.25) is 0 Å². The van der Waals surface area contributed by atoms with Crippen LogP contribution in [0, 0.1) is 0 Å². The molecule has 0 amide bonds. The summed E-state index contributed by atoms with van der Waals surface area (Å²) in [6.45, 7) is 0. The smallest absolute Gasteiger partial charge is 0.421 e. The van der Waals surface area contributed by atoms with Crippen LogP contribution in [0.5, 0.6) is 11.5 Å². The molecule has 2 aromatic carbocycles. The second-order valence-corrected chi connectivity index (χ2v) is 4.57. The van der Waals surface area contributed by atoms with E-state index in [9.17, 15) is 26.3 Å². The zero-order valence-corrected chi connectivity index (χ0v) is 11.3. The Morgan fingerprint density at radius 1 is 0.783 bits per heavy atom. The van der Waals surface area contributed by atoms with E-state index >= 15 is 0 Å². The molecule has 2 aromatic rings. The van der Waals surface area contributed by atoms with Crippen molar-refractivity contribution in [2.24, 2.45) is 0 Å². The summed E-state index contributed by atoms with van der Waals surface area (Å²) in [6.07, 6.45) is -9.73. The third-order valence-corrected chi connectivity index (χ3v) is 2.87. The second-order valence-electron chi connectivity index (χ2n) is 4.57. The van der Waals surface area contributed by atoms with Gasteiger partial charge in [-0.25, -0.2) is 0 Å². The highest BCUT2D eigenvalue weighted by Gasteiger charge is 2.39. The normalized spacial score (nSPS) is 12.3. The van der Waals surface area contributed by atoms with Gasteiger partial charge in [0.1, 0.15) is 22.6 Å². The molecule has 0 spiro atoms. The molecule has 0 saturated heterocycles. The molecule has 23 heavy (non-hydrogen) atoms. The number of ether oxygens (including phenoxy) is 1. The van der Waals surface area contributed by atoms with Gasteiger partial charge in [-0.05, 0) is 30.3 Å². The van der Waals surface area contributed by atoms with Crippen molar-refractivity contribution in [1.29, 1.82) is 0 Å². The van der Waals surface area contributed by atoms with Crippen molar-refractivity contribution in [3.8, 4) is 11.5 Å². The molecule has 0 atom stereocenters. The molecule has 0 fully saturated rings. The molecule has 124 valence electrons. The first kappa shape index (κ1) is 16.8. The Kier molecular flexibility index (Phi) is 4.06. The summed E-state index contributed by atoms with van der Waals surface area (Å²) in [5.74, 6) is -1.63. The van der Waals surface area contributed by atoms with E-state index in [1.165, 1.54) is 0 Å². The van der Waals surface area contributed by atoms with Crippen LogP contribution in [-0.2, 0) is 12.4 Å². The maximum absolute atomic E-state index is 13.0. The van der Waals surface area contributed by atoms with Crippen molar-refractivity contribution in [3.63, 3.8) is 0 Å². The molecule has 3 nitrogen and oxygen atoms in total. The number of hydrogen-bond donors (Lipinski definition) is 2. The van der Waals surface area contributed by atoms with Crippen LogP contribution >= 0.6 is 0 Å².